The molecule has 0 aliphatic rings. The number of rotatable bonds is 17. The maximum Gasteiger partial charge on any atom is 0.412 e. The monoisotopic (exact) mass is 792 g/mol. The summed E-state index contributed by atoms with van der Waals surface area (Å²) in [6.07, 6.45) is 3.73. The number of nitrogens with one attached hydrogen (secondary N) is 3. The lowest BCUT2D eigenvalue weighted by Crippen LogP contribution is -2.49. The van der Waals surface area contributed by atoms with E-state index in [2.05, 4.69) is 25.9 Å². The second kappa shape index (κ2) is 20.7. The molecule has 0 unspecified atom stereocenters. The number of pyridine rings is 2. The molecule has 2 aromatic heterocycles. The van der Waals surface area contributed by atoms with Gasteiger partial charge in [0.15, 0.2) is 0 Å². The smallest absolute Gasteiger partial charge is 0.412 e. The first-order chi connectivity index (χ1) is 28.7. The van der Waals surface area contributed by atoms with E-state index in [0.29, 0.717) is 17.5 Å². The second-order valence-corrected chi connectivity index (χ2v) is 13.8. The number of anilines is 2. The Hall–Kier alpha value is -7.38. The first-order valence-corrected chi connectivity index (χ1v) is 19.0. The molecule has 3 atom stereocenters. The molecule has 0 aliphatic heterocycles. The van der Waals surface area contributed by atoms with Gasteiger partial charge in [-0.2, -0.15) is 0 Å². The van der Waals surface area contributed by atoms with E-state index in [4.69, 9.17) is 4.74 Å². The quantitative estimate of drug-likeness (QED) is 0.0647. The number of amides is 4. The number of carboxylic acid groups (broad SMARTS) is 1. The van der Waals surface area contributed by atoms with Crippen LogP contribution in [0.25, 0.3) is 0 Å². The molecule has 13 nitrogen and oxygen atoms in total. The maximum absolute atomic E-state index is 14.2. The van der Waals surface area contributed by atoms with Crippen LogP contribution in [0.15, 0.2) is 158 Å². The van der Waals surface area contributed by atoms with E-state index in [1.54, 1.807) is 91.5 Å². The van der Waals surface area contributed by atoms with Crippen LogP contribution in [0, 0.1) is 0 Å². The highest BCUT2D eigenvalue weighted by Gasteiger charge is 2.29. The molecule has 4 aromatic carbocycles. The highest BCUT2D eigenvalue weighted by atomic mass is 16.5. The predicted molar refractivity (Wildman–Crippen MR) is 223 cm³/mol. The van der Waals surface area contributed by atoms with Gasteiger partial charge >= 0.3 is 12.2 Å². The number of aliphatic hydroxyl groups excluding tert-OH is 1. The fraction of sp³-hybridized carbons (Fsp3) is 0.174. The van der Waals surface area contributed by atoms with Crippen molar-refractivity contribution in [2.45, 2.75) is 50.6 Å². The van der Waals surface area contributed by atoms with Crippen molar-refractivity contribution in [3.63, 3.8) is 0 Å². The normalized spacial score (nSPS) is 12.3. The fourth-order valence-electron chi connectivity index (χ4n) is 6.61. The highest BCUT2D eigenvalue weighted by Crippen LogP contribution is 2.24. The van der Waals surface area contributed by atoms with Crippen LogP contribution in [0.4, 0.5) is 21.0 Å². The van der Waals surface area contributed by atoms with Gasteiger partial charge in [0.2, 0.25) is 0 Å². The van der Waals surface area contributed by atoms with Gasteiger partial charge in [-0.3, -0.25) is 29.8 Å². The Kier molecular flexibility index (Phi) is 14.5. The summed E-state index contributed by atoms with van der Waals surface area (Å²) in [4.78, 5) is 62.7. The van der Waals surface area contributed by atoms with Crippen LogP contribution in [-0.2, 0) is 30.7 Å². The van der Waals surface area contributed by atoms with Crippen molar-refractivity contribution in [1.29, 1.82) is 0 Å². The summed E-state index contributed by atoms with van der Waals surface area (Å²) in [5.74, 6) is -1.08. The summed E-state index contributed by atoms with van der Waals surface area (Å²) >= 11 is 0. The summed E-state index contributed by atoms with van der Waals surface area (Å²) in [5, 5.41) is 31.0. The zero-order valence-corrected chi connectivity index (χ0v) is 32.1. The fourth-order valence-corrected chi connectivity index (χ4v) is 6.61. The van der Waals surface area contributed by atoms with Gasteiger partial charge in [-0.1, -0.05) is 97.1 Å². The topological polar surface area (TPSA) is 183 Å². The van der Waals surface area contributed by atoms with Crippen molar-refractivity contribution in [2.75, 3.05) is 10.2 Å². The average molecular weight is 793 g/mol. The number of carbonyl (C=O) groups is 4. The van der Waals surface area contributed by atoms with Gasteiger partial charge in [0.1, 0.15) is 6.61 Å². The maximum atomic E-state index is 14.2. The zero-order chi connectivity index (χ0) is 41.4. The summed E-state index contributed by atoms with van der Waals surface area (Å²) in [7, 11) is 0. The van der Waals surface area contributed by atoms with Crippen molar-refractivity contribution in [2.24, 2.45) is 0 Å². The van der Waals surface area contributed by atoms with E-state index >= 15 is 0 Å². The van der Waals surface area contributed by atoms with E-state index in [1.165, 1.54) is 6.07 Å². The molecule has 0 fully saturated rings. The van der Waals surface area contributed by atoms with Crippen molar-refractivity contribution in [1.82, 2.24) is 20.6 Å². The molecule has 13 heteroatoms. The number of carbonyl (C=O) groups excluding carboxylic acids is 3. The third kappa shape index (κ3) is 12.1. The predicted octanol–water partition coefficient (Wildman–Crippen LogP) is 7.04. The molecule has 2 heterocycles. The Labute approximate surface area is 341 Å². The Morgan fingerprint density at radius 2 is 1.19 bits per heavy atom. The van der Waals surface area contributed by atoms with Crippen LogP contribution in [0.2, 0.25) is 0 Å². The molecule has 6 aromatic rings. The third-order valence-electron chi connectivity index (χ3n) is 9.50. The number of aliphatic hydroxyl groups is 1. The van der Waals surface area contributed by atoms with Crippen LogP contribution < -0.4 is 20.9 Å². The standard InChI is InChI=1S/C46H44N6O7/c53-42(40(26-33-15-5-2-6-16-33)50-44(55)38-20-8-10-22-41(38)52(46(57)58)30-34-17-11-23-47-28-34)27-36(25-32-13-3-1-4-14-32)49-43(54)37-19-7-9-21-39(37)51-45(56)59-31-35-18-12-24-48-29-35/h1-24,28-29,36,40,42,53H,25-27,30-31H2,(H,49,54)(H,50,55)(H,51,56)(H,57,58)/t36-,40-,42-/m0/s1. The SMILES string of the molecule is O=C(Nc1ccccc1C(=O)N[C@@H](Cc1ccccc1)C[C@H](O)[C@H](Cc1ccccc1)NC(=O)c1ccccc1N(Cc1cccnc1)C(=O)O)OCc1cccnc1. The second-order valence-electron chi connectivity index (χ2n) is 13.8. The number of ether oxygens (including phenoxy) is 1. The van der Waals surface area contributed by atoms with Crippen molar-refractivity contribution < 1.29 is 34.1 Å². The van der Waals surface area contributed by atoms with Gasteiger partial charge in [0, 0.05) is 36.4 Å². The summed E-state index contributed by atoms with van der Waals surface area (Å²) in [5.41, 5.74) is 3.74. The van der Waals surface area contributed by atoms with Crippen LogP contribution in [0.1, 0.15) is 49.4 Å². The first kappa shape index (κ1) is 41.3. The van der Waals surface area contributed by atoms with E-state index in [9.17, 15) is 29.4 Å². The highest BCUT2D eigenvalue weighted by molar-refractivity contribution is 6.04. The summed E-state index contributed by atoms with van der Waals surface area (Å²) in [6.45, 7) is -0.0593. The van der Waals surface area contributed by atoms with Crippen LogP contribution in [0.3, 0.4) is 0 Å². The lowest BCUT2D eigenvalue weighted by Gasteiger charge is -2.29. The lowest BCUT2D eigenvalue weighted by atomic mass is 9.93. The molecule has 0 radical (unpaired) electrons. The zero-order valence-electron chi connectivity index (χ0n) is 32.1. The number of para-hydroxylation sites is 2. The van der Waals surface area contributed by atoms with Crippen molar-refractivity contribution in [3.8, 4) is 0 Å². The Balaban J connectivity index is 1.23. The number of aromatic nitrogens is 2. The summed E-state index contributed by atoms with van der Waals surface area (Å²) < 4.78 is 5.35. The van der Waals surface area contributed by atoms with Crippen LogP contribution in [0.5, 0.6) is 0 Å². The van der Waals surface area contributed by atoms with Gasteiger partial charge < -0.3 is 25.6 Å². The number of benzene rings is 4. The number of hydrogen-bond acceptors (Lipinski definition) is 8. The minimum absolute atomic E-state index is 0.0133. The molecule has 0 bridgehead atoms. The van der Waals surface area contributed by atoms with E-state index in [-0.39, 0.29) is 48.5 Å². The Bertz CT molecular complexity index is 2300. The van der Waals surface area contributed by atoms with Gasteiger partial charge in [-0.05, 0) is 72.4 Å². The molecule has 6 rings (SSSR count). The van der Waals surface area contributed by atoms with Crippen molar-refractivity contribution >= 4 is 35.4 Å². The Morgan fingerprint density at radius 3 is 1.83 bits per heavy atom. The van der Waals surface area contributed by atoms with E-state index < -0.39 is 42.2 Å². The molecule has 59 heavy (non-hydrogen) atoms. The summed E-state index contributed by atoms with van der Waals surface area (Å²) in [6, 6.07) is 37.2. The molecular formula is C46H44N6O7. The number of hydrogen-bond donors (Lipinski definition) is 5. The molecule has 4 amide bonds. The Morgan fingerprint density at radius 1 is 0.627 bits per heavy atom. The molecule has 300 valence electrons. The van der Waals surface area contributed by atoms with Crippen LogP contribution in [-0.4, -0.2) is 62.4 Å². The van der Waals surface area contributed by atoms with Gasteiger partial charge in [-0.15, -0.1) is 0 Å². The van der Waals surface area contributed by atoms with Crippen molar-refractivity contribution in [3.05, 3.63) is 192 Å². The average Bonchev–Trinajstić information content (AvgIpc) is 3.26. The molecule has 0 aliphatic carbocycles. The largest absolute Gasteiger partial charge is 0.465 e. The minimum atomic E-state index is -1.26. The lowest BCUT2D eigenvalue weighted by molar-refractivity contribution is 0.0756. The van der Waals surface area contributed by atoms with E-state index in [1.807, 2.05) is 60.7 Å². The first-order valence-electron chi connectivity index (χ1n) is 19.0. The minimum Gasteiger partial charge on any atom is -0.465 e. The molecule has 5 N–H and O–H groups in total. The molecule has 0 spiro atoms. The number of nitrogens with zero attached hydrogens (tertiary/aromatic N) is 3. The third-order valence-corrected chi connectivity index (χ3v) is 9.50. The van der Waals surface area contributed by atoms with Crippen LogP contribution >= 0.6 is 0 Å². The van der Waals surface area contributed by atoms with E-state index in [0.717, 1.165) is 16.0 Å². The van der Waals surface area contributed by atoms with Gasteiger partial charge in [0.25, 0.3) is 11.8 Å². The van der Waals surface area contributed by atoms with Gasteiger partial charge in [-0.25, -0.2) is 9.59 Å². The molecule has 0 saturated heterocycles. The molecular weight excluding hydrogens is 749 g/mol. The van der Waals surface area contributed by atoms with Gasteiger partial charge in [0.05, 0.1) is 41.2 Å². The molecule has 0 saturated carbocycles.